The number of esters is 1. The molecule has 7 nitrogen and oxygen atoms in total. The number of rotatable bonds is 28. The molecule has 0 aliphatic carbocycles. The number of aliphatic hydroxyl groups excluding tert-OH is 1. The van der Waals surface area contributed by atoms with Crippen molar-refractivity contribution in [1.29, 1.82) is 0 Å². The normalized spacial score (nSPS) is 25.1. The molecule has 58 heavy (non-hydrogen) atoms. The largest absolute Gasteiger partial charge is 0.455 e. The van der Waals surface area contributed by atoms with Crippen molar-refractivity contribution in [2.75, 3.05) is 0 Å². The Kier molecular flexibility index (Phi) is 22.0. The van der Waals surface area contributed by atoms with Crippen LogP contribution in [0, 0.1) is 0 Å². The zero-order valence-corrected chi connectivity index (χ0v) is 41.8. The molecule has 0 aromatic heterocycles. The molecular formula is C49H92O7Si2. The average Bonchev–Trinajstić information content (AvgIpc) is 3.89. The summed E-state index contributed by atoms with van der Waals surface area (Å²) < 4.78 is 32.6. The number of aliphatic hydroxyl groups is 1. The molecule has 3 heterocycles. The smallest absolute Gasteiger partial charge is 0.334 e. The highest BCUT2D eigenvalue weighted by Gasteiger charge is 2.45. The highest BCUT2D eigenvalue weighted by molar-refractivity contribution is 6.74. The Morgan fingerprint density at radius 3 is 1.81 bits per heavy atom. The zero-order chi connectivity index (χ0) is 43.0. The number of unbranched alkanes of at least 4 members (excludes halogenated alkanes) is 12. The van der Waals surface area contributed by atoms with Crippen LogP contribution in [0.1, 0.15) is 197 Å². The van der Waals surface area contributed by atoms with E-state index >= 15 is 0 Å². The maximum absolute atomic E-state index is 12.3. The number of cyclic esters (lactones) is 1. The highest BCUT2D eigenvalue weighted by atomic mass is 28.4. The summed E-state index contributed by atoms with van der Waals surface area (Å²) in [5, 5.41) is 11.4. The van der Waals surface area contributed by atoms with Crippen LogP contribution in [0.4, 0.5) is 0 Å². The summed E-state index contributed by atoms with van der Waals surface area (Å²) in [6, 6.07) is 0. The van der Waals surface area contributed by atoms with Gasteiger partial charge in [-0.3, -0.25) is 0 Å². The van der Waals surface area contributed by atoms with Crippen molar-refractivity contribution < 1.29 is 33.0 Å². The molecule has 0 saturated carbocycles. The van der Waals surface area contributed by atoms with E-state index < -0.39 is 22.7 Å². The van der Waals surface area contributed by atoms with Gasteiger partial charge in [-0.15, -0.1) is 0 Å². The fourth-order valence-electron chi connectivity index (χ4n) is 8.33. The van der Waals surface area contributed by atoms with Gasteiger partial charge in [0, 0.05) is 18.1 Å². The number of hydrogen-bond donors (Lipinski definition) is 1. The lowest BCUT2D eigenvalue weighted by molar-refractivity contribution is -0.139. The van der Waals surface area contributed by atoms with E-state index in [2.05, 4.69) is 86.8 Å². The van der Waals surface area contributed by atoms with Crippen LogP contribution in [0.3, 0.4) is 0 Å². The predicted octanol–water partition coefficient (Wildman–Crippen LogP) is 13.7. The standard InChI is InChI=1S/C49H92O7Si2/c1-13-14-15-16-17-22-25-28-31-46(56-58(11,12)49(6,7)8)45-35-34-44(54-45)43-33-32-42(53-43)41(50)30-27-24-21-19-18-20-23-26-29-40(55-57(9,10)48(3,4)5)37-39-36-38(2)52-47(39)51/h24,27,36,38,40-46,50H,13-23,25-26,28-35,37H2,1-12H3/b27-24+/t38-,40+,41+,42+,43+,44+,45+,46+/m0/s1. The van der Waals surface area contributed by atoms with Crippen LogP contribution in [-0.4, -0.2) is 76.5 Å². The van der Waals surface area contributed by atoms with Gasteiger partial charge in [0.1, 0.15) is 6.10 Å². The first-order valence-electron chi connectivity index (χ1n) is 24.2. The van der Waals surface area contributed by atoms with E-state index in [1.54, 1.807) is 0 Å². The summed E-state index contributed by atoms with van der Waals surface area (Å²) in [5.41, 5.74) is 0.782. The molecule has 338 valence electrons. The van der Waals surface area contributed by atoms with Crippen molar-refractivity contribution in [3.05, 3.63) is 23.8 Å². The third kappa shape index (κ3) is 17.5. The second kappa shape index (κ2) is 24.7. The molecule has 0 radical (unpaired) electrons. The van der Waals surface area contributed by atoms with E-state index in [0.717, 1.165) is 63.4 Å². The van der Waals surface area contributed by atoms with Crippen LogP contribution in [0.2, 0.25) is 36.3 Å². The van der Waals surface area contributed by atoms with E-state index in [1.165, 1.54) is 70.6 Å². The SMILES string of the molecule is CCCCCCCCCC[C@@H](O[Si](C)(C)C(C)(C)C)[C@H]1CC[C@H]([C@H]2CC[C@H]([C@H](O)C/C=C/CCCCCCC[C@H](CC3=C[C@H](C)OC3=O)O[Si](C)(C)C(C)(C)C)O2)O1. The third-order valence-corrected chi connectivity index (χ3v) is 23.2. The minimum Gasteiger partial charge on any atom is -0.455 e. The van der Waals surface area contributed by atoms with E-state index in [4.69, 9.17) is 23.1 Å². The van der Waals surface area contributed by atoms with Crippen LogP contribution in [0.15, 0.2) is 23.8 Å². The number of carbonyl (C=O) groups excluding carboxylic acids is 1. The van der Waals surface area contributed by atoms with Crippen molar-refractivity contribution in [3.63, 3.8) is 0 Å². The second-order valence-corrected chi connectivity index (χ2v) is 30.9. The van der Waals surface area contributed by atoms with Crippen LogP contribution in [0.5, 0.6) is 0 Å². The summed E-state index contributed by atoms with van der Waals surface area (Å²) >= 11 is 0. The molecule has 2 saturated heterocycles. The van der Waals surface area contributed by atoms with Gasteiger partial charge in [0.05, 0.1) is 36.6 Å². The van der Waals surface area contributed by atoms with Gasteiger partial charge < -0.3 is 28.2 Å². The van der Waals surface area contributed by atoms with Gasteiger partial charge in [-0.05, 0) is 107 Å². The molecule has 0 amide bonds. The van der Waals surface area contributed by atoms with Gasteiger partial charge in [0.25, 0.3) is 0 Å². The topological polar surface area (TPSA) is 83.5 Å². The maximum Gasteiger partial charge on any atom is 0.334 e. The van der Waals surface area contributed by atoms with Crippen LogP contribution < -0.4 is 0 Å². The maximum atomic E-state index is 12.3. The molecular weight excluding hydrogens is 757 g/mol. The highest BCUT2D eigenvalue weighted by Crippen LogP contribution is 2.42. The summed E-state index contributed by atoms with van der Waals surface area (Å²) in [6.07, 6.45) is 31.0. The summed E-state index contributed by atoms with van der Waals surface area (Å²) in [5.74, 6) is -0.176. The summed E-state index contributed by atoms with van der Waals surface area (Å²) in [7, 11) is -3.88. The van der Waals surface area contributed by atoms with Crippen molar-refractivity contribution in [3.8, 4) is 0 Å². The molecule has 0 unspecified atom stereocenters. The van der Waals surface area contributed by atoms with Crippen molar-refractivity contribution in [1.82, 2.24) is 0 Å². The predicted molar refractivity (Wildman–Crippen MR) is 247 cm³/mol. The van der Waals surface area contributed by atoms with E-state index in [-0.39, 0.29) is 58.8 Å². The fraction of sp³-hybridized carbons (Fsp3) is 0.898. The van der Waals surface area contributed by atoms with Gasteiger partial charge in [-0.1, -0.05) is 138 Å². The van der Waals surface area contributed by atoms with E-state index in [0.29, 0.717) is 12.8 Å². The average molecular weight is 849 g/mol. The Morgan fingerprint density at radius 1 is 0.724 bits per heavy atom. The number of ether oxygens (including phenoxy) is 3. The Bertz CT molecular complexity index is 1230. The minimum absolute atomic E-state index is 0.0646. The Hall–Kier alpha value is -0.816. The zero-order valence-electron chi connectivity index (χ0n) is 39.8. The van der Waals surface area contributed by atoms with Crippen LogP contribution in [-0.2, 0) is 27.9 Å². The molecule has 3 aliphatic rings. The fourth-order valence-corrected chi connectivity index (χ4v) is 11.1. The first-order valence-corrected chi connectivity index (χ1v) is 30.0. The van der Waals surface area contributed by atoms with Crippen LogP contribution in [0.25, 0.3) is 0 Å². The molecule has 0 spiro atoms. The number of carbonyl (C=O) groups is 1. The Labute approximate surface area is 359 Å². The number of hydrogen-bond acceptors (Lipinski definition) is 7. The molecule has 0 aromatic rings. The molecule has 8 atom stereocenters. The summed E-state index contributed by atoms with van der Waals surface area (Å²) in [6.45, 7) is 27.4. The molecule has 3 rings (SSSR count). The van der Waals surface area contributed by atoms with Gasteiger partial charge in [0.15, 0.2) is 16.6 Å². The molecule has 0 aromatic carbocycles. The first-order chi connectivity index (χ1) is 27.2. The van der Waals surface area contributed by atoms with Gasteiger partial charge in [0.2, 0.25) is 0 Å². The molecule has 3 aliphatic heterocycles. The second-order valence-electron chi connectivity index (χ2n) is 21.4. The molecule has 2 fully saturated rings. The number of allylic oxidation sites excluding steroid dienone is 1. The van der Waals surface area contributed by atoms with E-state index in [9.17, 15) is 9.90 Å². The monoisotopic (exact) mass is 849 g/mol. The first kappa shape index (κ1) is 51.5. The lowest BCUT2D eigenvalue weighted by atomic mass is 10.0. The molecule has 9 heteroatoms. The summed E-state index contributed by atoms with van der Waals surface area (Å²) in [4.78, 5) is 12.3. The van der Waals surface area contributed by atoms with Crippen molar-refractivity contribution in [2.45, 2.75) is 282 Å². The van der Waals surface area contributed by atoms with Crippen molar-refractivity contribution >= 4 is 22.6 Å². The van der Waals surface area contributed by atoms with Gasteiger partial charge in [-0.25, -0.2) is 4.79 Å². The van der Waals surface area contributed by atoms with Crippen molar-refractivity contribution in [2.24, 2.45) is 0 Å². The van der Waals surface area contributed by atoms with E-state index in [1.807, 2.05) is 13.0 Å². The molecule has 0 bridgehead atoms. The lowest BCUT2D eigenvalue weighted by Gasteiger charge is -2.41. The van der Waals surface area contributed by atoms with Gasteiger partial charge >= 0.3 is 5.97 Å². The Morgan fingerprint density at radius 2 is 1.24 bits per heavy atom. The quantitative estimate of drug-likeness (QED) is 0.0363. The van der Waals surface area contributed by atoms with Gasteiger partial charge in [-0.2, -0.15) is 0 Å². The third-order valence-electron chi connectivity index (χ3n) is 14.2. The van der Waals surface area contributed by atoms with Crippen LogP contribution >= 0.6 is 0 Å². The Balaban J connectivity index is 1.34. The minimum atomic E-state index is -1.95. The molecule has 1 N–H and O–H groups in total. The lowest BCUT2D eigenvalue weighted by Crippen LogP contribution is -2.47.